The second-order valence-electron chi connectivity index (χ2n) is 5.19. The predicted molar refractivity (Wildman–Crippen MR) is 76.4 cm³/mol. The number of pyridine rings is 1. The highest BCUT2D eigenvalue weighted by Crippen LogP contribution is 2.10. The lowest BCUT2D eigenvalue weighted by atomic mass is 10.1. The topological polar surface area (TPSA) is 88.5 Å². The number of nitrogens with one attached hydrogen (secondary N) is 1. The van der Waals surface area contributed by atoms with Crippen molar-refractivity contribution in [3.63, 3.8) is 0 Å². The van der Waals surface area contributed by atoms with Gasteiger partial charge >= 0.3 is 12.1 Å². The smallest absolute Gasteiger partial charge is 0.408 e. The maximum absolute atomic E-state index is 11.6. The van der Waals surface area contributed by atoms with Crippen molar-refractivity contribution in [2.24, 2.45) is 0 Å². The molecule has 0 aliphatic heterocycles. The van der Waals surface area contributed by atoms with Gasteiger partial charge in [-0.15, -0.1) is 0 Å². The van der Waals surface area contributed by atoms with E-state index < -0.39 is 23.7 Å². The molecule has 0 aliphatic rings. The van der Waals surface area contributed by atoms with Crippen molar-refractivity contribution in [2.45, 2.75) is 38.8 Å². The molecular weight excluding hydrogens is 328 g/mol. The first-order chi connectivity index (χ1) is 9.17. The molecule has 0 aromatic carbocycles. The van der Waals surface area contributed by atoms with Crippen LogP contribution in [0.15, 0.2) is 22.8 Å². The minimum atomic E-state index is -1.14. The van der Waals surface area contributed by atoms with Crippen molar-refractivity contribution in [3.05, 3.63) is 28.5 Å². The molecular formula is C13H17BrN2O4. The van der Waals surface area contributed by atoms with Gasteiger partial charge in [0.15, 0.2) is 0 Å². The number of carboxylic acid groups (broad SMARTS) is 1. The van der Waals surface area contributed by atoms with E-state index in [4.69, 9.17) is 9.84 Å². The summed E-state index contributed by atoms with van der Waals surface area (Å²) in [6, 6.07) is 4.09. The summed E-state index contributed by atoms with van der Waals surface area (Å²) in [7, 11) is 0. The summed E-state index contributed by atoms with van der Waals surface area (Å²) >= 11 is 3.21. The summed E-state index contributed by atoms with van der Waals surface area (Å²) in [4.78, 5) is 26.9. The number of halogens is 1. The number of carbonyl (C=O) groups is 2. The van der Waals surface area contributed by atoms with E-state index >= 15 is 0 Å². The second kappa shape index (κ2) is 6.69. The van der Waals surface area contributed by atoms with Crippen LogP contribution in [0.1, 0.15) is 26.5 Å². The number of aliphatic carboxylic acids is 1. The van der Waals surface area contributed by atoms with Gasteiger partial charge in [-0.2, -0.15) is 0 Å². The fourth-order valence-corrected chi connectivity index (χ4v) is 1.80. The van der Waals surface area contributed by atoms with Crippen molar-refractivity contribution in [3.8, 4) is 0 Å². The third-order valence-electron chi connectivity index (χ3n) is 2.18. The molecule has 20 heavy (non-hydrogen) atoms. The third kappa shape index (κ3) is 6.01. The van der Waals surface area contributed by atoms with Crippen molar-refractivity contribution in [1.82, 2.24) is 10.3 Å². The van der Waals surface area contributed by atoms with Crippen LogP contribution >= 0.6 is 15.9 Å². The number of nitrogens with zero attached hydrogens (tertiary/aromatic N) is 1. The molecule has 1 heterocycles. The Morgan fingerprint density at radius 3 is 2.60 bits per heavy atom. The molecule has 6 nitrogen and oxygen atoms in total. The second-order valence-corrected chi connectivity index (χ2v) is 6.01. The van der Waals surface area contributed by atoms with Crippen LogP contribution in [0.2, 0.25) is 0 Å². The molecule has 2 N–H and O–H groups in total. The maximum Gasteiger partial charge on any atom is 0.408 e. The molecule has 0 radical (unpaired) electrons. The molecule has 0 bridgehead atoms. The van der Waals surface area contributed by atoms with Crippen molar-refractivity contribution in [1.29, 1.82) is 0 Å². The first-order valence-electron chi connectivity index (χ1n) is 6.01. The van der Waals surface area contributed by atoms with E-state index in [9.17, 15) is 9.59 Å². The Kier molecular flexibility index (Phi) is 5.50. The fraction of sp³-hybridized carbons (Fsp3) is 0.462. The zero-order valence-corrected chi connectivity index (χ0v) is 13.1. The lowest BCUT2D eigenvalue weighted by Crippen LogP contribution is -2.44. The number of hydrogen-bond acceptors (Lipinski definition) is 4. The Morgan fingerprint density at radius 1 is 1.45 bits per heavy atom. The molecule has 7 heteroatoms. The zero-order chi connectivity index (χ0) is 15.3. The van der Waals surface area contributed by atoms with E-state index in [0.717, 1.165) is 0 Å². The van der Waals surface area contributed by atoms with E-state index in [1.807, 2.05) is 0 Å². The summed E-state index contributed by atoms with van der Waals surface area (Å²) in [6.45, 7) is 5.12. The first kappa shape index (κ1) is 16.4. The predicted octanol–water partition coefficient (Wildman–Crippen LogP) is 2.36. The van der Waals surface area contributed by atoms with E-state index in [1.165, 1.54) is 0 Å². The Morgan fingerprint density at radius 2 is 2.10 bits per heavy atom. The number of ether oxygens (including phenoxy) is 1. The van der Waals surface area contributed by atoms with Gasteiger partial charge in [0.1, 0.15) is 16.2 Å². The molecule has 1 amide bonds. The molecule has 0 saturated carbocycles. The number of amides is 1. The molecule has 0 fully saturated rings. The van der Waals surface area contributed by atoms with E-state index in [0.29, 0.717) is 10.3 Å². The number of alkyl carbamates (subject to hydrolysis) is 1. The zero-order valence-electron chi connectivity index (χ0n) is 11.5. The maximum atomic E-state index is 11.6. The SMILES string of the molecule is CC(C)(C)OC(=O)NC(Cc1cccc(Br)n1)C(=O)O. The summed E-state index contributed by atoms with van der Waals surface area (Å²) < 4.78 is 5.64. The van der Waals surface area contributed by atoms with Crippen LogP contribution in [-0.4, -0.2) is 33.8 Å². The molecule has 0 spiro atoms. The van der Waals surface area contributed by atoms with E-state index in [1.54, 1.807) is 39.0 Å². The summed E-state index contributed by atoms with van der Waals surface area (Å²) in [6.07, 6.45) is -0.687. The van der Waals surface area contributed by atoms with Gasteiger partial charge in [-0.1, -0.05) is 6.07 Å². The number of carbonyl (C=O) groups excluding carboxylic acids is 1. The van der Waals surface area contributed by atoms with E-state index in [2.05, 4.69) is 26.2 Å². The number of aromatic nitrogens is 1. The van der Waals surface area contributed by atoms with Gasteiger partial charge < -0.3 is 15.2 Å². The highest BCUT2D eigenvalue weighted by Gasteiger charge is 2.24. The summed E-state index contributed by atoms with van der Waals surface area (Å²) in [5.41, 5.74) is -0.121. The Hall–Kier alpha value is -1.63. The van der Waals surface area contributed by atoms with Gasteiger partial charge in [0.25, 0.3) is 0 Å². The Balaban J connectivity index is 2.71. The molecule has 1 rings (SSSR count). The van der Waals surface area contributed by atoms with Gasteiger partial charge in [0, 0.05) is 12.1 Å². The monoisotopic (exact) mass is 344 g/mol. The van der Waals surface area contributed by atoms with Crippen molar-refractivity contribution in [2.75, 3.05) is 0 Å². The molecule has 1 aromatic rings. The number of hydrogen-bond donors (Lipinski definition) is 2. The van der Waals surface area contributed by atoms with Gasteiger partial charge in [0.2, 0.25) is 0 Å². The van der Waals surface area contributed by atoms with Crippen LogP contribution in [0, 0.1) is 0 Å². The lowest BCUT2D eigenvalue weighted by Gasteiger charge is -2.21. The van der Waals surface area contributed by atoms with Gasteiger partial charge in [-0.25, -0.2) is 14.6 Å². The van der Waals surface area contributed by atoms with Gasteiger partial charge in [0.05, 0.1) is 0 Å². The Labute approximate surface area is 125 Å². The van der Waals surface area contributed by atoms with Gasteiger partial charge in [-0.3, -0.25) is 0 Å². The summed E-state index contributed by atoms with van der Waals surface area (Å²) in [5.74, 6) is -1.14. The summed E-state index contributed by atoms with van der Waals surface area (Å²) in [5, 5.41) is 11.5. The first-order valence-corrected chi connectivity index (χ1v) is 6.80. The number of rotatable bonds is 4. The van der Waals surface area contributed by atoms with E-state index in [-0.39, 0.29) is 6.42 Å². The standard InChI is InChI=1S/C13H17BrN2O4/c1-13(2,3)20-12(19)16-9(11(17)18)7-8-5-4-6-10(14)15-8/h4-6,9H,7H2,1-3H3,(H,16,19)(H,17,18). The average Bonchev–Trinajstić information content (AvgIpc) is 2.25. The number of carboxylic acids is 1. The normalized spacial score (nSPS) is 12.6. The van der Waals surface area contributed by atoms with Gasteiger partial charge in [-0.05, 0) is 48.8 Å². The minimum Gasteiger partial charge on any atom is -0.480 e. The highest BCUT2D eigenvalue weighted by molar-refractivity contribution is 9.10. The average molecular weight is 345 g/mol. The molecule has 1 unspecified atom stereocenters. The molecule has 1 atom stereocenters. The Bertz CT molecular complexity index is 499. The van der Waals surface area contributed by atoms with Crippen LogP contribution in [0.3, 0.4) is 0 Å². The minimum absolute atomic E-state index is 0.0774. The quantitative estimate of drug-likeness (QED) is 0.818. The highest BCUT2D eigenvalue weighted by atomic mass is 79.9. The fourth-order valence-electron chi connectivity index (χ4n) is 1.42. The molecule has 0 saturated heterocycles. The van der Waals surface area contributed by atoms with Crippen molar-refractivity contribution >= 4 is 28.0 Å². The van der Waals surface area contributed by atoms with Crippen LogP contribution < -0.4 is 5.32 Å². The lowest BCUT2D eigenvalue weighted by molar-refractivity contribution is -0.139. The molecule has 110 valence electrons. The van der Waals surface area contributed by atoms with Crippen LogP contribution in [0.4, 0.5) is 4.79 Å². The largest absolute Gasteiger partial charge is 0.480 e. The molecule has 0 aliphatic carbocycles. The molecule has 1 aromatic heterocycles. The third-order valence-corrected chi connectivity index (χ3v) is 2.62. The van der Waals surface area contributed by atoms with Crippen LogP contribution in [0.25, 0.3) is 0 Å². The van der Waals surface area contributed by atoms with Crippen molar-refractivity contribution < 1.29 is 19.4 Å². The van der Waals surface area contributed by atoms with Crippen LogP contribution in [0.5, 0.6) is 0 Å². The van der Waals surface area contributed by atoms with Crippen LogP contribution in [-0.2, 0) is 16.0 Å².